The molecular formula is C4H9NO4P+. The topological polar surface area (TPSA) is 75.6 Å². The van der Waals surface area contributed by atoms with E-state index >= 15 is 0 Å². The molecule has 0 saturated carbocycles. The van der Waals surface area contributed by atoms with Crippen LogP contribution in [-0.4, -0.2) is 24.1 Å². The van der Waals surface area contributed by atoms with E-state index in [-0.39, 0.29) is 0 Å². The molecule has 0 radical (unpaired) electrons. The van der Waals surface area contributed by atoms with Crippen molar-refractivity contribution in [2.45, 2.75) is 12.7 Å². The van der Waals surface area contributed by atoms with Crippen LogP contribution in [-0.2, 0) is 9.09 Å². The summed E-state index contributed by atoms with van der Waals surface area (Å²) < 4.78 is 15.0. The Bertz CT molecular complexity index is 148. The predicted octanol–water partition coefficient (Wildman–Crippen LogP) is 0.989. The maximum Gasteiger partial charge on any atom is 0.532 e. The van der Waals surface area contributed by atoms with Gasteiger partial charge < -0.3 is 5.11 Å². The summed E-state index contributed by atoms with van der Waals surface area (Å²) in [7, 11) is -0.651. The minimum atomic E-state index is -1.91. The number of hydrogen-bond acceptors (Lipinski definition) is 3. The van der Waals surface area contributed by atoms with Gasteiger partial charge in [0.25, 0.3) is 5.78 Å². The number of rotatable bonds is 3. The molecule has 0 saturated heterocycles. The molecule has 10 heavy (non-hydrogen) atoms. The van der Waals surface area contributed by atoms with Crippen LogP contribution in [0, 0.1) is 0 Å². The van der Waals surface area contributed by atoms with Crippen molar-refractivity contribution in [1.29, 1.82) is 0 Å². The first-order valence-corrected chi connectivity index (χ1v) is 3.82. The lowest BCUT2D eigenvalue weighted by molar-refractivity contribution is 0.193. The van der Waals surface area contributed by atoms with Crippen LogP contribution in [0.2, 0.25) is 0 Å². The van der Waals surface area contributed by atoms with Gasteiger partial charge >= 0.3 is 14.1 Å². The van der Waals surface area contributed by atoms with Crippen LogP contribution >= 0.6 is 8.03 Å². The van der Waals surface area contributed by atoms with Gasteiger partial charge in [-0.05, 0) is 4.57 Å². The molecule has 0 aromatic rings. The van der Waals surface area contributed by atoms with E-state index in [1.807, 2.05) is 5.32 Å². The fourth-order valence-electron chi connectivity index (χ4n) is 0.390. The molecule has 0 heterocycles. The van der Waals surface area contributed by atoms with E-state index in [0.717, 1.165) is 0 Å². The molecule has 0 spiro atoms. The summed E-state index contributed by atoms with van der Waals surface area (Å²) in [4.78, 5) is 9.93. The Morgan fingerprint density at radius 3 is 2.60 bits per heavy atom. The summed E-state index contributed by atoms with van der Waals surface area (Å²) >= 11 is 0. The molecular weight excluding hydrogens is 157 g/mol. The molecule has 6 heteroatoms. The molecule has 2 unspecified atom stereocenters. The first-order valence-electron chi connectivity index (χ1n) is 2.58. The SMILES string of the molecule is CO[P+](=O)C(C)NC(=O)O. The average Bonchev–Trinajstić information content (AvgIpc) is 1.85. The highest BCUT2D eigenvalue weighted by Crippen LogP contribution is 2.25. The highest BCUT2D eigenvalue weighted by Gasteiger charge is 2.27. The van der Waals surface area contributed by atoms with Crippen LogP contribution in [0.5, 0.6) is 0 Å². The second kappa shape index (κ2) is 4.19. The number of carboxylic acid groups (broad SMARTS) is 1. The van der Waals surface area contributed by atoms with E-state index in [9.17, 15) is 9.36 Å². The van der Waals surface area contributed by atoms with Gasteiger partial charge in [0.05, 0.1) is 7.11 Å². The zero-order valence-corrected chi connectivity index (χ0v) is 6.59. The van der Waals surface area contributed by atoms with Crippen LogP contribution in [0.15, 0.2) is 0 Å². The van der Waals surface area contributed by atoms with Crippen LogP contribution in [0.3, 0.4) is 0 Å². The molecule has 0 aliphatic heterocycles. The summed E-state index contributed by atoms with van der Waals surface area (Å²) in [5.74, 6) is -0.655. The average molecular weight is 166 g/mol. The summed E-state index contributed by atoms with van der Waals surface area (Å²) in [6.45, 7) is 1.47. The van der Waals surface area contributed by atoms with Crippen molar-refractivity contribution in [1.82, 2.24) is 5.32 Å². The minimum Gasteiger partial charge on any atom is -0.465 e. The molecule has 58 valence electrons. The zero-order valence-electron chi connectivity index (χ0n) is 5.70. The Kier molecular flexibility index (Phi) is 3.91. The smallest absolute Gasteiger partial charge is 0.465 e. The van der Waals surface area contributed by atoms with Gasteiger partial charge in [0, 0.05) is 6.92 Å². The Morgan fingerprint density at radius 2 is 2.30 bits per heavy atom. The van der Waals surface area contributed by atoms with E-state index in [1.165, 1.54) is 14.0 Å². The van der Waals surface area contributed by atoms with E-state index in [1.54, 1.807) is 0 Å². The first-order chi connectivity index (χ1) is 4.57. The van der Waals surface area contributed by atoms with Gasteiger partial charge in [-0.3, -0.25) is 5.32 Å². The van der Waals surface area contributed by atoms with Gasteiger partial charge in [-0.1, -0.05) is 0 Å². The van der Waals surface area contributed by atoms with E-state index < -0.39 is 19.9 Å². The van der Waals surface area contributed by atoms with Gasteiger partial charge in [-0.25, -0.2) is 4.79 Å². The molecule has 2 atom stereocenters. The number of hydrogen-bond donors (Lipinski definition) is 2. The molecule has 1 amide bonds. The second-order valence-electron chi connectivity index (χ2n) is 1.59. The van der Waals surface area contributed by atoms with Gasteiger partial charge in [0.2, 0.25) is 0 Å². The predicted molar refractivity (Wildman–Crippen MR) is 35.2 cm³/mol. The van der Waals surface area contributed by atoms with Crippen molar-refractivity contribution in [3.8, 4) is 0 Å². The lowest BCUT2D eigenvalue weighted by Gasteiger charge is -1.96. The number of amides is 1. The van der Waals surface area contributed by atoms with E-state index in [2.05, 4.69) is 4.52 Å². The number of nitrogens with one attached hydrogen (secondary N) is 1. The van der Waals surface area contributed by atoms with Crippen molar-refractivity contribution in [3.63, 3.8) is 0 Å². The van der Waals surface area contributed by atoms with Crippen LogP contribution < -0.4 is 5.32 Å². The fraction of sp³-hybridized carbons (Fsp3) is 0.750. The molecule has 5 nitrogen and oxygen atoms in total. The van der Waals surface area contributed by atoms with Crippen LogP contribution in [0.25, 0.3) is 0 Å². The molecule has 0 bridgehead atoms. The molecule has 0 aromatic heterocycles. The third-order valence-electron chi connectivity index (χ3n) is 0.829. The van der Waals surface area contributed by atoms with Crippen molar-refractivity contribution in [2.24, 2.45) is 0 Å². The van der Waals surface area contributed by atoms with Crippen LogP contribution in [0.1, 0.15) is 6.92 Å². The Morgan fingerprint density at radius 1 is 1.80 bits per heavy atom. The molecule has 2 N–H and O–H groups in total. The van der Waals surface area contributed by atoms with Crippen molar-refractivity contribution < 1.29 is 19.0 Å². The Labute approximate surface area is 59.2 Å². The third-order valence-corrected chi connectivity index (χ3v) is 1.95. The molecule has 0 aromatic carbocycles. The van der Waals surface area contributed by atoms with Gasteiger partial charge in [-0.15, -0.1) is 4.52 Å². The van der Waals surface area contributed by atoms with Gasteiger partial charge in [0.1, 0.15) is 0 Å². The maximum atomic E-state index is 10.6. The summed E-state index contributed by atoms with van der Waals surface area (Å²) in [5.41, 5.74) is 0. The Hall–Kier alpha value is -0.670. The monoisotopic (exact) mass is 166 g/mol. The summed E-state index contributed by atoms with van der Waals surface area (Å²) in [5, 5.41) is 10.1. The Balaban J connectivity index is 3.72. The van der Waals surface area contributed by atoms with Crippen molar-refractivity contribution in [3.05, 3.63) is 0 Å². The lowest BCUT2D eigenvalue weighted by atomic mass is 10.7. The van der Waals surface area contributed by atoms with E-state index in [4.69, 9.17) is 5.11 Å². The highest BCUT2D eigenvalue weighted by atomic mass is 31.1. The standard InChI is InChI=1S/C4H8NO4P/c1-3(5-4(6)7)10(8)9-2/h3,5H,1-2H3/p+1. The third kappa shape index (κ3) is 3.37. The molecule has 0 aliphatic carbocycles. The summed E-state index contributed by atoms with van der Waals surface area (Å²) in [6, 6.07) is 0. The van der Waals surface area contributed by atoms with E-state index in [0.29, 0.717) is 0 Å². The number of carbonyl (C=O) groups is 1. The van der Waals surface area contributed by atoms with Crippen LogP contribution in [0.4, 0.5) is 4.79 Å². The lowest BCUT2D eigenvalue weighted by Crippen LogP contribution is -2.28. The summed E-state index contributed by atoms with van der Waals surface area (Å²) in [6.07, 6.45) is -1.20. The zero-order chi connectivity index (χ0) is 8.15. The minimum absolute atomic E-state index is 0.655. The van der Waals surface area contributed by atoms with Gasteiger partial charge in [-0.2, -0.15) is 0 Å². The van der Waals surface area contributed by atoms with Gasteiger partial charge in [0.15, 0.2) is 0 Å². The molecule has 0 rings (SSSR count). The normalized spacial score (nSPS) is 14.0. The van der Waals surface area contributed by atoms with Crippen molar-refractivity contribution >= 4 is 14.1 Å². The highest BCUT2D eigenvalue weighted by molar-refractivity contribution is 7.39. The second-order valence-corrected chi connectivity index (χ2v) is 3.30. The maximum absolute atomic E-state index is 10.6. The fourth-order valence-corrected chi connectivity index (χ4v) is 0.922. The quantitative estimate of drug-likeness (QED) is 0.613. The molecule has 0 aliphatic rings. The first kappa shape index (κ1) is 9.33. The molecule has 0 fully saturated rings. The largest absolute Gasteiger partial charge is 0.532 e. The van der Waals surface area contributed by atoms with Crippen molar-refractivity contribution in [2.75, 3.05) is 7.11 Å².